The maximum absolute atomic E-state index is 13.6. The van der Waals surface area contributed by atoms with E-state index in [1.807, 2.05) is 43.9 Å². The van der Waals surface area contributed by atoms with E-state index in [1.165, 1.54) is 0 Å². The summed E-state index contributed by atoms with van der Waals surface area (Å²) in [5.74, 6) is 0.128. The normalized spacial score (nSPS) is 19.4. The monoisotopic (exact) mass is 445 g/mol. The minimum atomic E-state index is -0.509. The van der Waals surface area contributed by atoms with Gasteiger partial charge in [0.15, 0.2) is 0 Å². The maximum Gasteiger partial charge on any atom is 0.410 e. The second-order valence-corrected chi connectivity index (χ2v) is 9.96. The van der Waals surface area contributed by atoms with E-state index in [9.17, 15) is 9.59 Å². The molecule has 2 aliphatic rings. The second-order valence-electron chi connectivity index (χ2n) is 9.96. The zero-order chi connectivity index (χ0) is 23.1. The minimum absolute atomic E-state index is 0.0652. The molecule has 178 valence electrons. The highest BCUT2D eigenvalue weighted by Crippen LogP contribution is 2.24. The molecule has 0 aliphatic carbocycles. The molecule has 0 radical (unpaired) electrons. The van der Waals surface area contributed by atoms with Crippen LogP contribution in [-0.2, 0) is 20.8 Å². The number of benzene rings is 1. The van der Waals surface area contributed by atoms with Crippen molar-refractivity contribution in [3.8, 4) is 0 Å². The highest BCUT2D eigenvalue weighted by atomic mass is 16.6. The molecule has 2 heterocycles. The van der Waals surface area contributed by atoms with E-state index in [0.717, 1.165) is 38.4 Å². The van der Waals surface area contributed by atoms with Crippen molar-refractivity contribution < 1.29 is 19.1 Å². The number of carbonyl (C=O) groups is 2. The largest absolute Gasteiger partial charge is 0.444 e. The molecule has 2 amide bonds. The van der Waals surface area contributed by atoms with E-state index in [2.05, 4.69) is 24.0 Å². The minimum Gasteiger partial charge on any atom is -0.444 e. The van der Waals surface area contributed by atoms with Crippen molar-refractivity contribution in [2.75, 3.05) is 45.9 Å². The van der Waals surface area contributed by atoms with Gasteiger partial charge in [-0.3, -0.25) is 9.69 Å². The van der Waals surface area contributed by atoms with Crippen LogP contribution < -0.4 is 0 Å². The first-order valence-corrected chi connectivity index (χ1v) is 11.9. The number of piperidine rings is 1. The van der Waals surface area contributed by atoms with Crippen molar-refractivity contribution >= 4 is 12.0 Å². The molecule has 3 rings (SSSR count). The van der Waals surface area contributed by atoms with Crippen LogP contribution in [0.1, 0.15) is 46.1 Å². The van der Waals surface area contributed by atoms with Crippen molar-refractivity contribution in [3.63, 3.8) is 0 Å². The van der Waals surface area contributed by atoms with E-state index >= 15 is 0 Å². The topological polar surface area (TPSA) is 62.3 Å². The van der Waals surface area contributed by atoms with Gasteiger partial charge in [-0.25, -0.2) is 4.79 Å². The third kappa shape index (κ3) is 7.20. The molecule has 32 heavy (non-hydrogen) atoms. The van der Waals surface area contributed by atoms with E-state index in [-0.39, 0.29) is 24.0 Å². The predicted octanol–water partition coefficient (Wildman–Crippen LogP) is 3.38. The van der Waals surface area contributed by atoms with Gasteiger partial charge >= 0.3 is 6.09 Å². The third-order valence-electron chi connectivity index (χ3n) is 6.13. The number of amides is 2. The summed E-state index contributed by atoms with van der Waals surface area (Å²) in [6.07, 6.45) is 1.06. The molecule has 7 nitrogen and oxygen atoms in total. The molecular weight excluding hydrogens is 406 g/mol. The number of nitrogens with zero attached hydrogens (tertiary/aromatic N) is 3. The Morgan fingerprint density at radius 1 is 1.09 bits per heavy atom. The molecule has 2 aliphatic heterocycles. The molecule has 0 saturated carbocycles. The van der Waals surface area contributed by atoms with Crippen LogP contribution in [0.15, 0.2) is 30.3 Å². The number of carbonyl (C=O) groups excluding carboxylic acids is 2. The van der Waals surface area contributed by atoms with Crippen LogP contribution in [-0.4, -0.2) is 84.3 Å². The van der Waals surface area contributed by atoms with Gasteiger partial charge in [0.25, 0.3) is 0 Å². The molecular formula is C25H39N3O4. The Hall–Kier alpha value is -2.12. The standard InChI is InChI=1S/C25H39N3O4/c1-20(18-26-14-16-31-17-15-26)28(19-21-8-6-5-7-9-21)23(29)22-10-12-27(13-11-22)24(30)32-25(2,3)4/h5-9,20,22H,10-19H2,1-4H3. The summed E-state index contributed by atoms with van der Waals surface area (Å²) in [5, 5.41) is 0. The smallest absolute Gasteiger partial charge is 0.410 e. The van der Waals surface area contributed by atoms with Crippen molar-refractivity contribution in [2.45, 2.75) is 58.7 Å². The molecule has 0 spiro atoms. The second kappa shape index (κ2) is 11.1. The van der Waals surface area contributed by atoms with Crippen molar-refractivity contribution in [1.82, 2.24) is 14.7 Å². The first kappa shape index (κ1) is 24.5. The molecule has 1 unspecified atom stereocenters. The van der Waals surface area contributed by atoms with Crippen molar-refractivity contribution in [2.24, 2.45) is 5.92 Å². The Morgan fingerprint density at radius 2 is 1.72 bits per heavy atom. The van der Waals surface area contributed by atoms with Crippen LogP contribution in [0.25, 0.3) is 0 Å². The molecule has 1 atom stereocenters. The fourth-order valence-electron chi connectivity index (χ4n) is 4.36. The van der Waals surface area contributed by atoms with Crippen LogP contribution in [0.2, 0.25) is 0 Å². The highest BCUT2D eigenvalue weighted by Gasteiger charge is 2.34. The van der Waals surface area contributed by atoms with Gasteiger partial charge in [-0.15, -0.1) is 0 Å². The van der Waals surface area contributed by atoms with Crippen LogP contribution in [0.5, 0.6) is 0 Å². The van der Waals surface area contributed by atoms with Gasteiger partial charge in [0.1, 0.15) is 5.60 Å². The van der Waals surface area contributed by atoms with Gasteiger partial charge in [-0.05, 0) is 46.1 Å². The number of hydrogen-bond acceptors (Lipinski definition) is 5. The fraction of sp³-hybridized carbons (Fsp3) is 0.680. The first-order chi connectivity index (χ1) is 15.2. The van der Waals surface area contributed by atoms with Gasteiger partial charge in [-0.2, -0.15) is 0 Å². The Kier molecular flexibility index (Phi) is 8.54. The molecule has 7 heteroatoms. The predicted molar refractivity (Wildman–Crippen MR) is 124 cm³/mol. The van der Waals surface area contributed by atoms with Crippen LogP contribution >= 0.6 is 0 Å². The van der Waals surface area contributed by atoms with Gasteiger partial charge in [-0.1, -0.05) is 30.3 Å². The first-order valence-electron chi connectivity index (χ1n) is 11.9. The summed E-state index contributed by atoms with van der Waals surface area (Å²) < 4.78 is 11.0. The van der Waals surface area contributed by atoms with Gasteiger partial charge < -0.3 is 19.3 Å². The average molecular weight is 446 g/mol. The average Bonchev–Trinajstić information content (AvgIpc) is 2.77. The van der Waals surface area contributed by atoms with E-state index in [1.54, 1.807) is 4.90 Å². The van der Waals surface area contributed by atoms with Crippen LogP contribution in [0, 0.1) is 5.92 Å². The quantitative estimate of drug-likeness (QED) is 0.672. The number of rotatable bonds is 6. The van der Waals surface area contributed by atoms with E-state index in [4.69, 9.17) is 9.47 Å². The molecule has 1 aromatic rings. The zero-order valence-corrected chi connectivity index (χ0v) is 20.1. The fourth-order valence-corrected chi connectivity index (χ4v) is 4.36. The van der Waals surface area contributed by atoms with E-state index < -0.39 is 5.60 Å². The molecule has 0 aromatic heterocycles. The highest BCUT2D eigenvalue weighted by molar-refractivity contribution is 5.79. The summed E-state index contributed by atoms with van der Waals surface area (Å²) in [7, 11) is 0. The Morgan fingerprint density at radius 3 is 2.31 bits per heavy atom. The van der Waals surface area contributed by atoms with Crippen molar-refractivity contribution in [3.05, 3.63) is 35.9 Å². The Bertz CT molecular complexity index is 735. The SMILES string of the molecule is CC(CN1CCOCC1)N(Cc1ccccc1)C(=O)C1CCN(C(=O)OC(C)(C)C)CC1. The lowest BCUT2D eigenvalue weighted by molar-refractivity contribution is -0.140. The zero-order valence-electron chi connectivity index (χ0n) is 20.1. The summed E-state index contributed by atoms with van der Waals surface area (Å²) in [6, 6.07) is 10.3. The molecule has 1 aromatic carbocycles. The number of likely N-dealkylation sites (tertiary alicyclic amines) is 1. The molecule has 2 saturated heterocycles. The van der Waals surface area contributed by atoms with E-state index in [0.29, 0.717) is 32.5 Å². The Balaban J connectivity index is 1.63. The molecule has 0 bridgehead atoms. The summed E-state index contributed by atoms with van der Waals surface area (Å²) in [6.45, 7) is 13.7. The van der Waals surface area contributed by atoms with Crippen LogP contribution in [0.4, 0.5) is 4.79 Å². The van der Waals surface area contributed by atoms with Gasteiger partial charge in [0, 0.05) is 51.2 Å². The van der Waals surface area contributed by atoms with Gasteiger partial charge in [0.2, 0.25) is 5.91 Å². The number of morpholine rings is 1. The lowest BCUT2D eigenvalue weighted by atomic mass is 9.94. The Labute approximate surface area is 192 Å². The summed E-state index contributed by atoms with van der Waals surface area (Å²) in [5.41, 5.74) is 0.631. The van der Waals surface area contributed by atoms with Crippen LogP contribution in [0.3, 0.4) is 0 Å². The molecule has 0 N–H and O–H groups in total. The number of hydrogen-bond donors (Lipinski definition) is 0. The number of ether oxygens (including phenoxy) is 2. The molecule has 2 fully saturated rings. The maximum atomic E-state index is 13.6. The third-order valence-corrected chi connectivity index (χ3v) is 6.13. The lowest BCUT2D eigenvalue weighted by Crippen LogP contribution is -2.51. The van der Waals surface area contributed by atoms with Crippen molar-refractivity contribution in [1.29, 1.82) is 0 Å². The summed E-state index contributed by atoms with van der Waals surface area (Å²) >= 11 is 0. The lowest BCUT2D eigenvalue weighted by Gasteiger charge is -2.39. The van der Waals surface area contributed by atoms with Gasteiger partial charge in [0.05, 0.1) is 13.2 Å². The summed E-state index contributed by atoms with van der Waals surface area (Å²) in [4.78, 5) is 32.2.